The van der Waals surface area contributed by atoms with Crippen molar-refractivity contribution >= 4 is 63.9 Å². The number of nitrogens with two attached hydrogens (primary N) is 1. The van der Waals surface area contributed by atoms with E-state index < -0.39 is 84.0 Å². The van der Waals surface area contributed by atoms with Gasteiger partial charge in [-0.1, -0.05) is 60.5 Å². The number of unbranched alkanes of at least 4 members (excludes halogenated alkanes) is 1. The maximum Gasteiger partial charge on any atom is 0.409 e. The van der Waals surface area contributed by atoms with Crippen molar-refractivity contribution in [1.82, 2.24) is 35.9 Å². The number of hydrazine groups is 1. The van der Waals surface area contributed by atoms with Crippen LogP contribution in [-0.2, 0) is 67.2 Å². The van der Waals surface area contributed by atoms with Crippen LogP contribution in [0.4, 0.5) is 10.5 Å². The minimum absolute atomic E-state index is 0.00707. The van der Waals surface area contributed by atoms with Crippen molar-refractivity contribution in [2.75, 3.05) is 79.7 Å². The summed E-state index contributed by atoms with van der Waals surface area (Å²) in [4.78, 5) is 83.9. The molecule has 4 bridgehead atoms. The Labute approximate surface area is 485 Å². The van der Waals surface area contributed by atoms with Gasteiger partial charge in [0.2, 0.25) is 23.6 Å². The number of hydrogen-bond donors (Lipinski definition) is 7. The number of amides is 5. The molecule has 5 amide bonds. The van der Waals surface area contributed by atoms with Crippen LogP contribution in [0.3, 0.4) is 0 Å². The number of likely N-dealkylation sites (N-methyl/N-ethyl adjacent to an activating group) is 1. The SMILES string of the molecule is CNN(C)Cc1cc2ccccc2n1CCC(=O)N[C@@H](CCCCN)C(=O)NCCOCCOCCC(=O)N(C)[C@@H](C)C(=O)O[C@H]1CC(=O)N(C)c2cc(cc(OC)c2Cl)C/C(C)=C/C=C/[C@@H](O)[C@@]2(O)C[C@H](OC(=O)N2)[C@@H](C)C2O[C@]21C. The number of aromatic nitrogens is 1. The first-order valence-corrected chi connectivity index (χ1v) is 28.3. The molecule has 2 saturated heterocycles. The number of para-hydroxylation sites is 1. The zero-order valence-corrected chi connectivity index (χ0v) is 49.4. The van der Waals surface area contributed by atoms with Crippen LogP contribution in [-0.4, -0.2) is 183 Å². The number of hydrogen-bond acceptors (Lipinski definition) is 17. The Hall–Kier alpha value is -6.15. The lowest BCUT2D eigenvalue weighted by molar-refractivity contribution is -0.162. The summed E-state index contributed by atoms with van der Waals surface area (Å²) in [6.07, 6.45) is 0.838. The second-order valence-electron chi connectivity index (χ2n) is 21.5. The molecule has 24 heteroatoms. The van der Waals surface area contributed by atoms with Gasteiger partial charge in [0, 0.05) is 64.2 Å². The van der Waals surface area contributed by atoms with Crippen LogP contribution in [0, 0.1) is 5.92 Å². The second kappa shape index (κ2) is 29.9. The van der Waals surface area contributed by atoms with Gasteiger partial charge in [0.05, 0.1) is 64.7 Å². The van der Waals surface area contributed by atoms with Gasteiger partial charge in [-0.05, 0) is 95.3 Å². The lowest BCUT2D eigenvalue weighted by atomic mass is 9.83. The number of nitrogens with zero attached hydrogens (tertiary/aromatic N) is 4. The number of allylic oxidation sites excluding steroid dienone is 3. The lowest BCUT2D eigenvalue weighted by Gasteiger charge is -2.41. The number of carbonyl (C=O) groups excluding carboxylic acids is 6. The molecule has 0 spiro atoms. The van der Waals surface area contributed by atoms with Gasteiger partial charge in [-0.25, -0.2) is 14.6 Å². The number of aliphatic hydroxyl groups excluding tert-OH is 1. The van der Waals surface area contributed by atoms with E-state index >= 15 is 0 Å². The number of benzene rings is 2. The molecule has 2 fully saturated rings. The van der Waals surface area contributed by atoms with Crippen molar-refractivity contribution in [2.24, 2.45) is 11.7 Å². The number of esters is 1. The van der Waals surface area contributed by atoms with Crippen LogP contribution in [0.15, 0.2) is 66.3 Å². The standard InChI is InChI=1S/C58H84ClN9O14/c1-36-15-14-19-47(69)58(76)34-46(80-56(75)64-58)37(2)53-57(4,82-53)48(33-51(72)67(8)44-30-39(29-36)31-45(77-9)52(44)59)81-55(74)38(3)66(7)50(71)21-25-78-27-28-79-26-23-62-54(73)42(17-12-13-22-60)63-49(70)20-24-68-41(35-65(6)61-5)32-40-16-10-11-18-43(40)68/h10-11,14-16,18-19,30-32,37-38,42,46-48,53,61,69,76H,12-13,17,20-29,33-35,60H2,1-9H3,(H,62,73)(H,63,70)(H,64,75)/b19-14+,36-15+/t37-,38+,42+,46+,47-,48+,53?,57+,58+/m1/s1. The van der Waals surface area contributed by atoms with Gasteiger partial charge < -0.3 is 69.4 Å². The molecule has 0 radical (unpaired) electrons. The predicted molar refractivity (Wildman–Crippen MR) is 307 cm³/mol. The summed E-state index contributed by atoms with van der Waals surface area (Å²) >= 11 is 6.80. The summed E-state index contributed by atoms with van der Waals surface area (Å²) in [5.41, 5.74) is 9.40. The Morgan fingerprint density at radius 2 is 1.78 bits per heavy atom. The molecule has 9 atom stereocenters. The number of aryl methyl sites for hydroxylation is 1. The minimum Gasteiger partial charge on any atom is -0.495 e. The summed E-state index contributed by atoms with van der Waals surface area (Å²) in [6.45, 7) is 8.94. The summed E-state index contributed by atoms with van der Waals surface area (Å²) in [5, 5.41) is 34.0. The minimum atomic E-state index is -2.11. The van der Waals surface area contributed by atoms with Crippen molar-refractivity contribution < 1.29 is 67.4 Å². The molecule has 0 aliphatic carbocycles. The van der Waals surface area contributed by atoms with E-state index in [2.05, 4.69) is 32.0 Å². The molecule has 2 aromatic carbocycles. The highest BCUT2D eigenvalue weighted by Crippen LogP contribution is 2.49. The topological polar surface area (TPSA) is 290 Å². The molecule has 3 aliphatic rings. The second-order valence-corrected chi connectivity index (χ2v) is 21.9. The van der Waals surface area contributed by atoms with E-state index in [-0.39, 0.29) is 69.1 Å². The van der Waals surface area contributed by atoms with E-state index in [1.807, 2.05) is 50.3 Å². The van der Waals surface area contributed by atoms with E-state index in [1.165, 1.54) is 44.0 Å². The highest BCUT2D eigenvalue weighted by molar-refractivity contribution is 6.35. The fourth-order valence-corrected chi connectivity index (χ4v) is 10.5. The molecular formula is C58H84ClN9O14. The first-order chi connectivity index (χ1) is 39.0. The van der Waals surface area contributed by atoms with Crippen LogP contribution in [0.5, 0.6) is 5.75 Å². The van der Waals surface area contributed by atoms with E-state index in [4.69, 9.17) is 45.8 Å². The van der Waals surface area contributed by atoms with Crippen molar-refractivity contribution in [3.8, 4) is 5.75 Å². The molecular weight excluding hydrogens is 1080 g/mol. The molecule has 1 aromatic heterocycles. The number of rotatable bonds is 25. The average Bonchev–Trinajstić information content (AvgIpc) is 3.92. The maximum absolute atomic E-state index is 14.3. The number of anilines is 1. The van der Waals surface area contributed by atoms with Gasteiger partial charge in [-0.3, -0.25) is 29.9 Å². The molecule has 23 nitrogen and oxygen atoms in total. The number of halogens is 1. The summed E-state index contributed by atoms with van der Waals surface area (Å²) in [7, 11) is 8.24. The molecule has 452 valence electrons. The Morgan fingerprint density at radius 3 is 2.50 bits per heavy atom. The summed E-state index contributed by atoms with van der Waals surface area (Å²) in [6, 6.07) is 11.8. The van der Waals surface area contributed by atoms with Crippen LogP contribution in [0.25, 0.3) is 10.9 Å². The van der Waals surface area contributed by atoms with Crippen molar-refractivity contribution in [2.45, 2.75) is 140 Å². The zero-order chi connectivity index (χ0) is 59.9. The van der Waals surface area contributed by atoms with Crippen molar-refractivity contribution in [3.05, 3.63) is 82.5 Å². The van der Waals surface area contributed by atoms with Crippen molar-refractivity contribution in [3.63, 3.8) is 0 Å². The molecule has 6 rings (SSSR count). The van der Waals surface area contributed by atoms with Gasteiger partial charge in [0.25, 0.3) is 0 Å². The zero-order valence-electron chi connectivity index (χ0n) is 48.7. The maximum atomic E-state index is 14.3. The third kappa shape index (κ3) is 17.0. The van der Waals surface area contributed by atoms with Crippen molar-refractivity contribution in [1.29, 1.82) is 0 Å². The van der Waals surface area contributed by atoms with E-state index in [0.717, 1.165) is 27.7 Å². The molecule has 3 aliphatic heterocycles. The number of aliphatic hydroxyl groups is 2. The third-order valence-electron chi connectivity index (χ3n) is 15.5. The van der Waals surface area contributed by atoms with Gasteiger partial charge in [-0.2, -0.15) is 0 Å². The van der Waals surface area contributed by atoms with Gasteiger partial charge in [-0.15, -0.1) is 0 Å². The largest absolute Gasteiger partial charge is 0.495 e. The van der Waals surface area contributed by atoms with E-state index in [0.29, 0.717) is 56.8 Å². The number of carbonyl (C=O) groups is 6. The van der Waals surface area contributed by atoms with E-state index in [9.17, 15) is 39.0 Å². The Kier molecular flexibility index (Phi) is 23.7. The molecule has 4 heterocycles. The Morgan fingerprint density at radius 1 is 1.05 bits per heavy atom. The quantitative estimate of drug-likeness (QED) is 0.0276. The highest BCUT2D eigenvalue weighted by Gasteiger charge is 2.64. The summed E-state index contributed by atoms with van der Waals surface area (Å²) < 4.78 is 37.1. The highest BCUT2D eigenvalue weighted by atomic mass is 35.5. The van der Waals surface area contributed by atoms with Gasteiger partial charge in [0.15, 0.2) is 5.72 Å². The smallest absolute Gasteiger partial charge is 0.409 e. The first-order valence-electron chi connectivity index (χ1n) is 27.9. The van der Waals surface area contributed by atoms with Crippen LogP contribution in [0.1, 0.15) is 83.9 Å². The number of nitrogens with one attached hydrogen (secondary N) is 4. The number of epoxide rings is 1. The molecule has 3 aromatic rings. The molecule has 8 N–H and O–H groups in total. The summed E-state index contributed by atoms with van der Waals surface area (Å²) in [5.74, 6) is -2.64. The first kappa shape index (κ1) is 65.0. The number of fused-ring (bicyclic) bond motifs is 6. The third-order valence-corrected chi connectivity index (χ3v) is 15.9. The Bertz CT molecular complexity index is 2780. The Balaban J connectivity index is 0.992. The molecule has 1 unspecified atom stereocenters. The normalized spacial score (nSPS) is 24.7. The van der Waals surface area contributed by atoms with Crippen LogP contribution < -0.4 is 36.7 Å². The number of ether oxygens (including phenoxy) is 6. The number of methoxy groups -OCH3 is 1. The van der Waals surface area contributed by atoms with Crippen LogP contribution >= 0.6 is 11.6 Å². The van der Waals surface area contributed by atoms with Gasteiger partial charge in [0.1, 0.15) is 46.8 Å². The average molecular weight is 1170 g/mol. The number of alkyl carbamates (subject to hydrolysis) is 1. The predicted octanol–water partition coefficient (Wildman–Crippen LogP) is 3.62. The fourth-order valence-electron chi connectivity index (χ4n) is 10.2. The molecule has 0 saturated carbocycles. The molecule has 82 heavy (non-hydrogen) atoms. The monoisotopic (exact) mass is 1170 g/mol. The van der Waals surface area contributed by atoms with E-state index in [1.54, 1.807) is 38.1 Å². The fraction of sp³-hybridized carbons (Fsp3) is 0.586. The van der Waals surface area contributed by atoms with Crippen LogP contribution in [0.2, 0.25) is 5.02 Å². The lowest BCUT2D eigenvalue weighted by Crippen LogP contribution is -2.63. The van der Waals surface area contributed by atoms with Gasteiger partial charge >= 0.3 is 12.1 Å².